The molecule has 4 rings (SSSR count). The summed E-state index contributed by atoms with van der Waals surface area (Å²) in [5, 5.41) is 3.44. The van der Waals surface area contributed by atoms with Crippen LogP contribution in [0.4, 0.5) is 11.4 Å². The third kappa shape index (κ3) is 5.95. The van der Waals surface area contributed by atoms with Gasteiger partial charge in [-0.3, -0.25) is 0 Å². The highest BCUT2D eigenvalue weighted by molar-refractivity contribution is 7.90. The Kier molecular flexibility index (Phi) is 7.63. The quantitative estimate of drug-likeness (QED) is 0.468. The van der Waals surface area contributed by atoms with Crippen LogP contribution in [-0.4, -0.2) is 43.1 Å². The van der Waals surface area contributed by atoms with Crippen LogP contribution in [0.15, 0.2) is 76.7 Å². The summed E-state index contributed by atoms with van der Waals surface area (Å²) >= 11 is -1.62. The fourth-order valence-corrected chi connectivity index (χ4v) is 6.35. The molecule has 1 radical (unpaired) electrons. The van der Waals surface area contributed by atoms with E-state index in [4.69, 9.17) is 9.71 Å². The minimum atomic E-state index is -3.70. The molecule has 1 aliphatic rings. The highest BCUT2D eigenvalue weighted by Crippen LogP contribution is 2.31. The first kappa shape index (κ1) is 25.0. The van der Waals surface area contributed by atoms with E-state index in [0.717, 1.165) is 16.8 Å². The number of sulfone groups is 1. The van der Waals surface area contributed by atoms with Crippen molar-refractivity contribution in [3.8, 4) is 5.75 Å². The van der Waals surface area contributed by atoms with E-state index in [9.17, 15) is 12.6 Å². The van der Waals surface area contributed by atoms with E-state index in [0.29, 0.717) is 37.5 Å². The van der Waals surface area contributed by atoms with Gasteiger partial charge in [0, 0.05) is 31.9 Å². The van der Waals surface area contributed by atoms with Crippen molar-refractivity contribution in [3.05, 3.63) is 83.4 Å². The number of hydrogen-bond acceptors (Lipinski definition) is 7. The standard InChI is InChI=1S/C25H28N4O4S2/c1-19-8-9-20(2)24(16-19)33-34(30)29-14-12-28(13-15-29)22-10-11-23(27-26)25(17-22)35(31,32)18-21-6-4-3-5-7-21/h3-11,16-17,26H,12-15,18H2,1-2H3/q+1. The van der Waals surface area contributed by atoms with Crippen molar-refractivity contribution < 1.29 is 22.3 Å². The molecule has 3 aromatic rings. The topological polar surface area (TPSA) is 103 Å². The van der Waals surface area contributed by atoms with E-state index in [-0.39, 0.29) is 16.3 Å². The third-order valence-corrected chi connectivity index (χ3v) is 8.74. The fourth-order valence-electron chi connectivity index (χ4n) is 3.93. The smallest absolute Gasteiger partial charge is 0.290 e. The Labute approximate surface area is 208 Å². The molecule has 1 atom stereocenters. The van der Waals surface area contributed by atoms with Crippen LogP contribution >= 0.6 is 0 Å². The molecule has 35 heavy (non-hydrogen) atoms. The van der Waals surface area contributed by atoms with Crippen LogP contribution in [0.25, 0.3) is 0 Å². The van der Waals surface area contributed by atoms with Gasteiger partial charge in [-0.2, -0.15) is 8.51 Å². The molecule has 0 saturated carbocycles. The van der Waals surface area contributed by atoms with Crippen molar-refractivity contribution in [3.63, 3.8) is 0 Å². The number of nitrogens with zero attached hydrogens (tertiary/aromatic N) is 3. The Morgan fingerprint density at radius 3 is 2.37 bits per heavy atom. The summed E-state index contributed by atoms with van der Waals surface area (Å²) < 4.78 is 46.6. The lowest BCUT2D eigenvalue weighted by molar-refractivity contribution is -0.210. The van der Waals surface area contributed by atoms with Crippen LogP contribution in [0.3, 0.4) is 0 Å². The second kappa shape index (κ2) is 10.7. The molecule has 10 heteroatoms. The third-order valence-electron chi connectivity index (χ3n) is 5.92. The molecule has 3 aromatic carbocycles. The van der Waals surface area contributed by atoms with Gasteiger partial charge in [-0.1, -0.05) is 42.5 Å². The summed E-state index contributed by atoms with van der Waals surface area (Å²) in [5.74, 6) is 0.441. The summed E-state index contributed by atoms with van der Waals surface area (Å²) in [5.41, 5.74) is 10.9. The summed E-state index contributed by atoms with van der Waals surface area (Å²) in [4.78, 5) is 2.08. The van der Waals surface area contributed by atoms with Crippen molar-refractivity contribution in [2.24, 2.45) is 5.11 Å². The molecule has 8 nitrogen and oxygen atoms in total. The van der Waals surface area contributed by atoms with Crippen molar-refractivity contribution in [2.45, 2.75) is 24.5 Å². The first-order chi connectivity index (χ1) is 16.8. The maximum Gasteiger partial charge on any atom is 0.290 e. The molecular formula is C25H28N4O4S2+. The highest BCUT2D eigenvalue weighted by atomic mass is 32.2. The largest absolute Gasteiger partial charge is 0.389 e. The SMILES string of the molecule is Cc1ccc(C)c(OS(=O)N2CCN(c3ccc(N=[NH+])c(S(=O)(=O)Cc4ccccc4)c3)CC2)c1. The molecule has 1 saturated heterocycles. The van der Waals surface area contributed by atoms with E-state index in [1.807, 2.05) is 43.0 Å². The van der Waals surface area contributed by atoms with E-state index >= 15 is 0 Å². The van der Waals surface area contributed by atoms with E-state index in [2.05, 4.69) is 5.11 Å². The van der Waals surface area contributed by atoms with Gasteiger partial charge in [-0.15, -0.1) is 0 Å². The molecule has 0 bridgehead atoms. The Morgan fingerprint density at radius 2 is 1.69 bits per heavy atom. The minimum absolute atomic E-state index is 0.0399. The molecule has 1 heterocycles. The van der Waals surface area contributed by atoms with Crippen molar-refractivity contribution >= 4 is 32.5 Å². The molecule has 183 valence electrons. The van der Waals surface area contributed by atoms with E-state index in [1.54, 1.807) is 46.8 Å². The van der Waals surface area contributed by atoms with Crippen LogP contribution in [0.5, 0.6) is 5.75 Å². The monoisotopic (exact) mass is 512 g/mol. The Hall–Kier alpha value is -3.08. The predicted octanol–water partition coefficient (Wildman–Crippen LogP) is 2.69. The van der Waals surface area contributed by atoms with Gasteiger partial charge in [0.1, 0.15) is 16.2 Å². The van der Waals surface area contributed by atoms with Crippen LogP contribution in [0.1, 0.15) is 16.7 Å². The molecule has 1 aliphatic heterocycles. The van der Waals surface area contributed by atoms with Gasteiger partial charge in [0.05, 0.1) is 10.9 Å². The molecule has 0 amide bonds. The minimum Gasteiger partial charge on any atom is -0.389 e. The number of nitrogens with one attached hydrogen (secondary N) is 1. The van der Waals surface area contributed by atoms with Crippen molar-refractivity contribution in [2.75, 3.05) is 31.1 Å². The maximum absolute atomic E-state index is 13.2. The molecule has 0 aliphatic carbocycles. The molecule has 0 aromatic heterocycles. The van der Waals surface area contributed by atoms with Crippen molar-refractivity contribution in [1.82, 2.24) is 4.31 Å². The molecular weight excluding hydrogens is 484 g/mol. The lowest BCUT2D eigenvalue weighted by atomic mass is 10.1. The summed E-state index contributed by atoms with van der Waals surface area (Å²) in [6.07, 6.45) is 0. The van der Waals surface area contributed by atoms with Gasteiger partial charge in [0.2, 0.25) is 0 Å². The van der Waals surface area contributed by atoms with Gasteiger partial charge in [-0.25, -0.2) is 8.42 Å². The lowest BCUT2D eigenvalue weighted by Gasteiger charge is -2.34. The van der Waals surface area contributed by atoms with Gasteiger partial charge >= 0.3 is 0 Å². The average molecular weight is 513 g/mol. The van der Waals surface area contributed by atoms with Crippen LogP contribution in [0, 0.1) is 13.8 Å². The highest BCUT2D eigenvalue weighted by Gasteiger charge is 2.26. The van der Waals surface area contributed by atoms with Gasteiger partial charge in [-0.05, 0) is 54.8 Å². The average Bonchev–Trinajstić information content (AvgIpc) is 2.86. The van der Waals surface area contributed by atoms with Gasteiger partial charge in [0.15, 0.2) is 15.5 Å². The number of benzene rings is 3. The molecule has 0 spiro atoms. The summed E-state index contributed by atoms with van der Waals surface area (Å²) in [6.45, 7) is 5.97. The summed E-state index contributed by atoms with van der Waals surface area (Å²) in [6, 6.07) is 19.7. The number of piperazine rings is 1. The van der Waals surface area contributed by atoms with Crippen LogP contribution < -0.4 is 14.6 Å². The zero-order valence-corrected chi connectivity index (χ0v) is 21.3. The number of rotatable bonds is 8. The normalized spacial score (nSPS) is 15.5. The predicted molar refractivity (Wildman–Crippen MR) is 135 cm³/mol. The second-order valence-electron chi connectivity index (χ2n) is 8.49. The number of hydrogen-bond donors (Lipinski definition) is 1. The Bertz CT molecular complexity index is 1340. The maximum atomic E-state index is 13.2. The lowest BCUT2D eigenvalue weighted by Crippen LogP contribution is -2.47. The van der Waals surface area contributed by atoms with E-state index < -0.39 is 21.1 Å². The van der Waals surface area contributed by atoms with E-state index in [1.165, 1.54) is 0 Å². The zero-order valence-electron chi connectivity index (χ0n) is 19.7. The first-order valence-corrected chi connectivity index (χ1v) is 13.9. The Morgan fingerprint density at radius 1 is 0.971 bits per heavy atom. The van der Waals surface area contributed by atoms with Crippen LogP contribution in [0.2, 0.25) is 0 Å². The number of aryl methyl sites for hydroxylation is 2. The zero-order chi connectivity index (χ0) is 25.0. The van der Waals surface area contributed by atoms with Crippen LogP contribution in [-0.2, 0) is 26.9 Å². The summed E-state index contributed by atoms with van der Waals surface area (Å²) in [7, 11) is -3.70. The first-order valence-electron chi connectivity index (χ1n) is 11.2. The molecule has 1 fully saturated rings. The Balaban J connectivity index is 1.46. The van der Waals surface area contributed by atoms with Gasteiger partial charge < -0.3 is 9.08 Å². The van der Waals surface area contributed by atoms with Crippen molar-refractivity contribution in [1.29, 1.82) is 0 Å². The number of anilines is 1. The second-order valence-corrected chi connectivity index (χ2v) is 11.6. The van der Waals surface area contributed by atoms with Gasteiger partial charge in [0.25, 0.3) is 11.3 Å². The molecule has 1 unspecified atom stereocenters. The fraction of sp³-hybridized carbons (Fsp3) is 0.280. The molecule has 1 N–H and O–H groups in total.